The van der Waals surface area contributed by atoms with Crippen molar-refractivity contribution in [3.63, 3.8) is 0 Å². The molecule has 0 radical (unpaired) electrons. The zero-order valence-electron chi connectivity index (χ0n) is 9.48. The number of nitrogens with zero attached hydrogens (tertiary/aromatic N) is 2. The average molecular weight is 211 g/mol. The van der Waals surface area contributed by atoms with Crippen LogP contribution in [0.3, 0.4) is 0 Å². The first-order valence-corrected chi connectivity index (χ1v) is 5.51. The lowest BCUT2D eigenvalue weighted by Gasteiger charge is -2.35. The van der Waals surface area contributed by atoms with Crippen molar-refractivity contribution in [1.29, 1.82) is 0 Å². The second kappa shape index (κ2) is 5.88. The molecule has 0 aliphatic carbocycles. The predicted molar refractivity (Wildman–Crippen MR) is 61.4 cm³/mol. The predicted octanol–water partition coefficient (Wildman–Crippen LogP) is -0.0886. The minimum absolute atomic E-state index is 0.0454. The van der Waals surface area contributed by atoms with Gasteiger partial charge in [-0.15, -0.1) is 6.58 Å². The van der Waals surface area contributed by atoms with Crippen LogP contribution in [0.4, 0.5) is 0 Å². The molecule has 1 unspecified atom stereocenters. The summed E-state index contributed by atoms with van der Waals surface area (Å²) in [6, 6.07) is 0. The van der Waals surface area contributed by atoms with E-state index >= 15 is 0 Å². The van der Waals surface area contributed by atoms with E-state index in [-0.39, 0.29) is 11.8 Å². The summed E-state index contributed by atoms with van der Waals surface area (Å²) < 4.78 is 0. The molecule has 0 saturated carbocycles. The topological polar surface area (TPSA) is 49.6 Å². The fraction of sp³-hybridized carbons (Fsp3) is 0.727. The van der Waals surface area contributed by atoms with Crippen molar-refractivity contribution in [3.05, 3.63) is 12.7 Å². The molecule has 4 heteroatoms. The Bertz CT molecular complexity index is 222. The fourth-order valence-corrected chi connectivity index (χ4v) is 1.75. The number of rotatable bonds is 4. The number of hydrogen-bond donors (Lipinski definition) is 1. The normalized spacial score (nSPS) is 20.0. The van der Waals surface area contributed by atoms with Crippen LogP contribution in [-0.4, -0.2) is 55.0 Å². The van der Waals surface area contributed by atoms with Crippen LogP contribution in [0, 0.1) is 5.92 Å². The SMILES string of the molecule is C=CCN1CCN(C(=O)C(C)CN)CC1. The lowest BCUT2D eigenvalue weighted by molar-refractivity contribution is -0.136. The first-order valence-electron chi connectivity index (χ1n) is 5.51. The summed E-state index contributed by atoms with van der Waals surface area (Å²) in [7, 11) is 0. The van der Waals surface area contributed by atoms with Crippen LogP contribution in [-0.2, 0) is 4.79 Å². The van der Waals surface area contributed by atoms with E-state index in [2.05, 4.69) is 11.5 Å². The largest absolute Gasteiger partial charge is 0.340 e. The van der Waals surface area contributed by atoms with Crippen LogP contribution in [0.25, 0.3) is 0 Å². The Morgan fingerprint density at radius 3 is 2.53 bits per heavy atom. The summed E-state index contributed by atoms with van der Waals surface area (Å²) in [6.07, 6.45) is 1.90. The van der Waals surface area contributed by atoms with Gasteiger partial charge in [0.1, 0.15) is 0 Å². The van der Waals surface area contributed by atoms with Crippen molar-refractivity contribution in [2.75, 3.05) is 39.3 Å². The zero-order valence-corrected chi connectivity index (χ0v) is 9.48. The van der Waals surface area contributed by atoms with E-state index in [1.807, 2.05) is 17.9 Å². The Hall–Kier alpha value is -0.870. The minimum Gasteiger partial charge on any atom is -0.340 e. The van der Waals surface area contributed by atoms with Crippen LogP contribution in [0.5, 0.6) is 0 Å². The van der Waals surface area contributed by atoms with Crippen LogP contribution < -0.4 is 5.73 Å². The summed E-state index contributed by atoms with van der Waals surface area (Å²) >= 11 is 0. The molecule has 1 saturated heterocycles. The van der Waals surface area contributed by atoms with E-state index in [1.54, 1.807) is 0 Å². The molecular formula is C11H21N3O. The maximum Gasteiger partial charge on any atom is 0.226 e. The molecule has 15 heavy (non-hydrogen) atoms. The highest BCUT2D eigenvalue weighted by Crippen LogP contribution is 2.06. The summed E-state index contributed by atoms with van der Waals surface area (Å²) in [5.74, 6) is 0.145. The van der Waals surface area contributed by atoms with Gasteiger partial charge in [-0.25, -0.2) is 0 Å². The lowest BCUT2D eigenvalue weighted by atomic mass is 10.1. The van der Waals surface area contributed by atoms with E-state index in [9.17, 15) is 4.79 Å². The summed E-state index contributed by atoms with van der Waals surface area (Å²) in [6.45, 7) is 10.5. The molecule has 1 aliphatic heterocycles. The smallest absolute Gasteiger partial charge is 0.226 e. The Morgan fingerprint density at radius 1 is 1.47 bits per heavy atom. The molecule has 1 fully saturated rings. The molecule has 2 N–H and O–H groups in total. The molecule has 1 amide bonds. The van der Waals surface area contributed by atoms with Crippen LogP contribution in [0.1, 0.15) is 6.92 Å². The van der Waals surface area contributed by atoms with Crippen molar-refractivity contribution < 1.29 is 4.79 Å². The Kier molecular flexibility index (Phi) is 4.78. The molecule has 1 aliphatic rings. The van der Waals surface area contributed by atoms with Gasteiger partial charge in [0.25, 0.3) is 0 Å². The number of carbonyl (C=O) groups excluding carboxylic acids is 1. The Balaban J connectivity index is 2.36. The molecule has 0 bridgehead atoms. The van der Waals surface area contributed by atoms with Gasteiger partial charge in [-0.2, -0.15) is 0 Å². The highest BCUT2D eigenvalue weighted by molar-refractivity contribution is 5.78. The minimum atomic E-state index is -0.0454. The third kappa shape index (κ3) is 3.32. The molecule has 0 aromatic heterocycles. The van der Waals surface area contributed by atoms with Gasteiger partial charge in [0.15, 0.2) is 0 Å². The van der Waals surface area contributed by atoms with Crippen molar-refractivity contribution in [2.45, 2.75) is 6.92 Å². The van der Waals surface area contributed by atoms with Crippen molar-refractivity contribution in [2.24, 2.45) is 11.7 Å². The highest BCUT2D eigenvalue weighted by Gasteiger charge is 2.23. The highest BCUT2D eigenvalue weighted by atomic mass is 16.2. The fourth-order valence-electron chi connectivity index (χ4n) is 1.75. The molecule has 0 spiro atoms. The van der Waals surface area contributed by atoms with Gasteiger partial charge in [0.2, 0.25) is 5.91 Å². The van der Waals surface area contributed by atoms with E-state index in [1.165, 1.54) is 0 Å². The van der Waals surface area contributed by atoms with Crippen molar-refractivity contribution >= 4 is 5.91 Å². The van der Waals surface area contributed by atoms with Gasteiger partial charge in [0.05, 0.1) is 0 Å². The first kappa shape index (κ1) is 12.2. The molecule has 0 aromatic carbocycles. The van der Waals surface area contributed by atoms with E-state index in [0.29, 0.717) is 6.54 Å². The maximum atomic E-state index is 11.8. The molecular weight excluding hydrogens is 190 g/mol. The zero-order chi connectivity index (χ0) is 11.3. The number of piperazine rings is 1. The first-order chi connectivity index (χ1) is 7.19. The van der Waals surface area contributed by atoms with Gasteiger partial charge in [-0.05, 0) is 0 Å². The van der Waals surface area contributed by atoms with E-state index in [0.717, 1.165) is 32.7 Å². The Labute approximate surface area is 91.7 Å². The quantitative estimate of drug-likeness (QED) is 0.661. The average Bonchev–Trinajstić information content (AvgIpc) is 2.28. The monoisotopic (exact) mass is 211 g/mol. The molecule has 4 nitrogen and oxygen atoms in total. The van der Waals surface area contributed by atoms with Crippen molar-refractivity contribution in [3.8, 4) is 0 Å². The van der Waals surface area contributed by atoms with Crippen LogP contribution in [0.15, 0.2) is 12.7 Å². The van der Waals surface area contributed by atoms with Crippen molar-refractivity contribution in [1.82, 2.24) is 9.80 Å². The molecule has 1 heterocycles. The number of carbonyl (C=O) groups is 1. The lowest BCUT2D eigenvalue weighted by Crippen LogP contribution is -2.50. The summed E-state index contributed by atoms with van der Waals surface area (Å²) in [5.41, 5.74) is 5.48. The van der Waals surface area contributed by atoms with E-state index in [4.69, 9.17) is 5.73 Å². The van der Waals surface area contributed by atoms with Gasteiger partial charge in [0, 0.05) is 45.2 Å². The van der Waals surface area contributed by atoms with Gasteiger partial charge < -0.3 is 10.6 Å². The second-order valence-corrected chi connectivity index (χ2v) is 4.05. The third-order valence-corrected chi connectivity index (χ3v) is 2.85. The molecule has 1 atom stereocenters. The van der Waals surface area contributed by atoms with Gasteiger partial charge in [-0.3, -0.25) is 9.69 Å². The maximum absolute atomic E-state index is 11.8. The second-order valence-electron chi connectivity index (χ2n) is 4.05. The van der Waals surface area contributed by atoms with Gasteiger partial charge in [-0.1, -0.05) is 13.0 Å². The third-order valence-electron chi connectivity index (χ3n) is 2.85. The standard InChI is InChI=1S/C11H21N3O/c1-3-4-13-5-7-14(8-6-13)11(15)10(2)9-12/h3,10H,1,4-9,12H2,2H3. The number of amides is 1. The van der Waals surface area contributed by atoms with Crippen LogP contribution >= 0.6 is 0 Å². The van der Waals surface area contributed by atoms with Crippen LogP contribution in [0.2, 0.25) is 0 Å². The summed E-state index contributed by atoms with van der Waals surface area (Å²) in [4.78, 5) is 16.0. The number of nitrogens with two attached hydrogens (primary N) is 1. The van der Waals surface area contributed by atoms with E-state index < -0.39 is 0 Å². The summed E-state index contributed by atoms with van der Waals surface area (Å²) in [5, 5.41) is 0. The van der Waals surface area contributed by atoms with Gasteiger partial charge >= 0.3 is 0 Å². The molecule has 86 valence electrons. The molecule has 1 rings (SSSR count). The number of hydrogen-bond acceptors (Lipinski definition) is 3. The molecule has 0 aromatic rings. The Morgan fingerprint density at radius 2 is 2.07 bits per heavy atom.